The molecule has 0 saturated heterocycles. The molecule has 0 spiro atoms. The van der Waals surface area contributed by atoms with E-state index in [9.17, 15) is 4.79 Å². The largest absolute Gasteiger partial charge is 0.271 e. The van der Waals surface area contributed by atoms with Crippen LogP contribution in [-0.4, -0.2) is 21.4 Å². The van der Waals surface area contributed by atoms with Gasteiger partial charge in [0.15, 0.2) is 0 Å². The first-order valence-electron chi connectivity index (χ1n) is 6.92. The zero-order valence-corrected chi connectivity index (χ0v) is 11.9. The summed E-state index contributed by atoms with van der Waals surface area (Å²) in [6.07, 6.45) is 4.61. The van der Waals surface area contributed by atoms with Gasteiger partial charge in [0.25, 0.3) is 5.91 Å². The fourth-order valence-corrected chi connectivity index (χ4v) is 2.48. The predicted molar refractivity (Wildman–Crippen MR) is 74.9 cm³/mol. The summed E-state index contributed by atoms with van der Waals surface area (Å²) in [6.45, 7) is 6.27. The molecular formula is C14H22N4O. The van der Waals surface area contributed by atoms with E-state index in [-0.39, 0.29) is 12.5 Å². The molecule has 1 atom stereocenters. The van der Waals surface area contributed by atoms with Gasteiger partial charge in [0, 0.05) is 11.4 Å². The van der Waals surface area contributed by atoms with Crippen molar-refractivity contribution >= 4 is 11.6 Å². The number of aromatic nitrogens is 2. The van der Waals surface area contributed by atoms with E-state index in [1.807, 2.05) is 19.9 Å². The number of amides is 1. The third kappa shape index (κ3) is 3.66. The topological polar surface area (TPSA) is 59.3 Å². The zero-order chi connectivity index (χ0) is 13.8. The second kappa shape index (κ2) is 5.99. The Labute approximate surface area is 114 Å². The van der Waals surface area contributed by atoms with E-state index >= 15 is 0 Å². The summed E-state index contributed by atoms with van der Waals surface area (Å²) < 4.78 is 1.70. The van der Waals surface area contributed by atoms with Crippen LogP contribution in [0.15, 0.2) is 11.2 Å². The van der Waals surface area contributed by atoms with Crippen LogP contribution in [0.3, 0.4) is 0 Å². The summed E-state index contributed by atoms with van der Waals surface area (Å²) in [5.41, 5.74) is 5.69. The lowest BCUT2D eigenvalue weighted by molar-refractivity contribution is -0.121. The highest BCUT2D eigenvalue weighted by Gasteiger charge is 2.16. The number of nitrogens with one attached hydrogen (secondary N) is 1. The van der Waals surface area contributed by atoms with Crippen LogP contribution in [0.1, 0.15) is 44.0 Å². The number of carbonyl (C=O) groups excluding carboxylic acids is 1. The van der Waals surface area contributed by atoms with Crippen molar-refractivity contribution in [3.63, 3.8) is 0 Å². The van der Waals surface area contributed by atoms with Crippen molar-refractivity contribution in [3.8, 4) is 0 Å². The summed E-state index contributed by atoms with van der Waals surface area (Å²) in [7, 11) is 0. The van der Waals surface area contributed by atoms with Gasteiger partial charge in [-0.3, -0.25) is 9.48 Å². The van der Waals surface area contributed by atoms with Crippen LogP contribution in [0, 0.1) is 19.8 Å². The lowest BCUT2D eigenvalue weighted by Gasteiger charge is -2.19. The van der Waals surface area contributed by atoms with E-state index in [2.05, 4.69) is 22.5 Å². The summed E-state index contributed by atoms with van der Waals surface area (Å²) in [4.78, 5) is 11.8. The van der Waals surface area contributed by atoms with E-state index in [0.29, 0.717) is 5.92 Å². The van der Waals surface area contributed by atoms with E-state index in [4.69, 9.17) is 0 Å². The SMILES string of the molecule is Cc1cc(C)n(CC(=O)NN=C2CCCC[C@H]2C)n1. The molecular weight excluding hydrogens is 240 g/mol. The van der Waals surface area contributed by atoms with Crippen LogP contribution >= 0.6 is 0 Å². The van der Waals surface area contributed by atoms with Crippen LogP contribution in [0.5, 0.6) is 0 Å². The van der Waals surface area contributed by atoms with E-state index < -0.39 is 0 Å². The minimum Gasteiger partial charge on any atom is -0.271 e. The van der Waals surface area contributed by atoms with E-state index in [1.165, 1.54) is 19.3 Å². The highest BCUT2D eigenvalue weighted by Crippen LogP contribution is 2.20. The monoisotopic (exact) mass is 262 g/mol. The molecule has 0 radical (unpaired) electrons. The van der Waals surface area contributed by atoms with Crippen LogP contribution in [0.25, 0.3) is 0 Å². The van der Waals surface area contributed by atoms with Gasteiger partial charge in [-0.2, -0.15) is 10.2 Å². The Morgan fingerprint density at radius 2 is 2.32 bits per heavy atom. The quantitative estimate of drug-likeness (QED) is 0.849. The molecule has 0 aromatic carbocycles. The van der Waals surface area contributed by atoms with Crippen LogP contribution < -0.4 is 5.43 Å². The van der Waals surface area contributed by atoms with Crippen molar-refractivity contribution in [1.82, 2.24) is 15.2 Å². The molecule has 1 aromatic heterocycles. The van der Waals surface area contributed by atoms with Gasteiger partial charge in [-0.1, -0.05) is 13.3 Å². The molecule has 0 unspecified atom stereocenters. The fraction of sp³-hybridized carbons (Fsp3) is 0.643. The molecule has 5 nitrogen and oxygen atoms in total. The van der Waals surface area contributed by atoms with Gasteiger partial charge >= 0.3 is 0 Å². The molecule has 19 heavy (non-hydrogen) atoms. The van der Waals surface area contributed by atoms with Crippen molar-refractivity contribution in [2.24, 2.45) is 11.0 Å². The molecule has 1 heterocycles. The first-order valence-corrected chi connectivity index (χ1v) is 6.92. The molecule has 1 aromatic rings. The Hall–Kier alpha value is -1.65. The molecule has 0 aliphatic heterocycles. The van der Waals surface area contributed by atoms with Crippen molar-refractivity contribution in [1.29, 1.82) is 0 Å². The third-order valence-electron chi connectivity index (χ3n) is 3.61. The van der Waals surface area contributed by atoms with Crippen molar-refractivity contribution < 1.29 is 4.79 Å². The summed E-state index contributed by atoms with van der Waals surface area (Å²) in [6, 6.07) is 1.96. The number of hydrogen-bond donors (Lipinski definition) is 1. The molecule has 2 rings (SSSR count). The Bertz CT molecular complexity index is 490. The van der Waals surface area contributed by atoms with Crippen molar-refractivity contribution in [3.05, 3.63) is 17.5 Å². The lowest BCUT2D eigenvalue weighted by Crippen LogP contribution is -2.27. The standard InChI is InChI=1S/C14H22N4O/c1-10-6-4-5-7-13(10)15-16-14(19)9-18-12(3)8-11(2)17-18/h8,10H,4-7,9H2,1-3H3,(H,16,19)/t10-/m1/s1. The summed E-state index contributed by atoms with van der Waals surface area (Å²) >= 11 is 0. The lowest BCUT2D eigenvalue weighted by atomic mass is 9.89. The van der Waals surface area contributed by atoms with Crippen molar-refractivity contribution in [2.45, 2.75) is 53.0 Å². The number of rotatable bonds is 3. The smallest absolute Gasteiger partial charge is 0.261 e. The number of hydrogen-bond acceptors (Lipinski definition) is 3. The zero-order valence-electron chi connectivity index (χ0n) is 11.9. The second-order valence-corrected chi connectivity index (χ2v) is 5.37. The average Bonchev–Trinajstić information content (AvgIpc) is 2.67. The maximum Gasteiger partial charge on any atom is 0.261 e. The van der Waals surface area contributed by atoms with Gasteiger partial charge in [0.1, 0.15) is 6.54 Å². The molecule has 1 N–H and O–H groups in total. The number of carbonyl (C=O) groups is 1. The predicted octanol–water partition coefficient (Wildman–Crippen LogP) is 2.18. The molecule has 5 heteroatoms. The van der Waals surface area contributed by atoms with Crippen LogP contribution in [-0.2, 0) is 11.3 Å². The fourth-order valence-electron chi connectivity index (χ4n) is 2.48. The molecule has 1 fully saturated rings. The Morgan fingerprint density at radius 1 is 1.53 bits per heavy atom. The number of nitrogens with zero attached hydrogens (tertiary/aromatic N) is 3. The van der Waals surface area contributed by atoms with Crippen LogP contribution in [0.2, 0.25) is 0 Å². The molecule has 104 valence electrons. The second-order valence-electron chi connectivity index (χ2n) is 5.37. The highest BCUT2D eigenvalue weighted by molar-refractivity contribution is 5.88. The number of aryl methyl sites for hydroxylation is 2. The molecule has 1 aliphatic carbocycles. The van der Waals surface area contributed by atoms with Gasteiger partial charge < -0.3 is 0 Å². The summed E-state index contributed by atoms with van der Waals surface area (Å²) in [5.74, 6) is 0.374. The Balaban J connectivity index is 1.91. The molecule has 1 amide bonds. The minimum absolute atomic E-state index is 0.114. The highest BCUT2D eigenvalue weighted by atomic mass is 16.2. The molecule has 1 saturated carbocycles. The number of hydrazone groups is 1. The maximum absolute atomic E-state index is 11.8. The normalized spacial score (nSPS) is 21.6. The van der Waals surface area contributed by atoms with E-state index in [0.717, 1.165) is 23.5 Å². The minimum atomic E-state index is -0.114. The maximum atomic E-state index is 11.8. The van der Waals surface area contributed by atoms with Crippen LogP contribution in [0.4, 0.5) is 0 Å². The first-order chi connectivity index (χ1) is 9.06. The van der Waals surface area contributed by atoms with Gasteiger partial charge in [0.2, 0.25) is 0 Å². The van der Waals surface area contributed by atoms with Gasteiger partial charge in [0.05, 0.1) is 5.69 Å². The van der Waals surface area contributed by atoms with Gasteiger partial charge in [-0.05, 0) is 45.1 Å². The first kappa shape index (κ1) is 13.8. The van der Waals surface area contributed by atoms with Gasteiger partial charge in [-0.25, -0.2) is 5.43 Å². The summed E-state index contributed by atoms with van der Waals surface area (Å²) in [5, 5.41) is 8.54. The van der Waals surface area contributed by atoms with E-state index in [1.54, 1.807) is 4.68 Å². The third-order valence-corrected chi connectivity index (χ3v) is 3.61. The van der Waals surface area contributed by atoms with Crippen molar-refractivity contribution in [2.75, 3.05) is 0 Å². The molecule has 1 aliphatic rings. The molecule has 0 bridgehead atoms. The van der Waals surface area contributed by atoms with Gasteiger partial charge in [-0.15, -0.1) is 0 Å². The average molecular weight is 262 g/mol. The Morgan fingerprint density at radius 3 is 2.95 bits per heavy atom. The Kier molecular flexibility index (Phi) is 4.35.